The number of hydrogen-bond donors (Lipinski definition) is 1. The van der Waals surface area contributed by atoms with E-state index in [1.54, 1.807) is 11.3 Å². The number of nitrogens with zero attached hydrogens (tertiary/aromatic N) is 3. The average Bonchev–Trinajstić information content (AvgIpc) is 3.15. The molecule has 2 aromatic heterocycles. The van der Waals surface area contributed by atoms with E-state index in [0.29, 0.717) is 6.04 Å². The van der Waals surface area contributed by atoms with Crippen molar-refractivity contribution in [3.05, 3.63) is 53.2 Å². The molecule has 4 nitrogen and oxygen atoms in total. The van der Waals surface area contributed by atoms with Crippen LogP contribution in [0.25, 0.3) is 10.6 Å². The topological polar surface area (TPSA) is 42.7 Å². The summed E-state index contributed by atoms with van der Waals surface area (Å²) in [5.41, 5.74) is 2.46. The Balaban J connectivity index is 1.43. The fourth-order valence-corrected chi connectivity index (χ4v) is 3.81. The van der Waals surface area contributed by atoms with E-state index < -0.39 is 0 Å². The summed E-state index contributed by atoms with van der Waals surface area (Å²) in [6.07, 6.45) is 6.51. The van der Waals surface area contributed by atoms with Crippen LogP contribution in [-0.2, 0) is 6.54 Å². The van der Waals surface area contributed by atoms with Crippen molar-refractivity contribution in [3.63, 3.8) is 0 Å². The smallest absolute Gasteiger partial charge is 0.124 e. The second-order valence-corrected chi connectivity index (χ2v) is 7.71. The number of aromatic nitrogens is 3. The molecule has 0 bridgehead atoms. The Hall–Kier alpha value is -2.14. The molecule has 0 saturated heterocycles. The van der Waals surface area contributed by atoms with Crippen molar-refractivity contribution >= 4 is 17.2 Å². The molecule has 4 rings (SSSR count). The van der Waals surface area contributed by atoms with Crippen molar-refractivity contribution in [2.75, 3.05) is 5.32 Å². The molecule has 1 aromatic carbocycles. The van der Waals surface area contributed by atoms with Crippen LogP contribution in [0.5, 0.6) is 0 Å². The summed E-state index contributed by atoms with van der Waals surface area (Å²) in [7, 11) is 0. The summed E-state index contributed by atoms with van der Waals surface area (Å²) in [5.74, 6) is 1.89. The molecule has 2 heterocycles. The lowest BCUT2D eigenvalue weighted by Gasteiger charge is -2.15. The summed E-state index contributed by atoms with van der Waals surface area (Å²) in [5, 5.41) is 9.09. The van der Waals surface area contributed by atoms with E-state index in [-0.39, 0.29) is 0 Å². The molecule has 5 heteroatoms. The average molecular weight is 338 g/mol. The molecular formula is C19H22N4S. The van der Waals surface area contributed by atoms with Crippen molar-refractivity contribution in [2.24, 2.45) is 5.92 Å². The number of aryl methyl sites for hydroxylation is 1. The number of nitrogens with one attached hydrogen (secondary N) is 1. The number of hydrogen-bond acceptors (Lipinski definition) is 4. The van der Waals surface area contributed by atoms with Gasteiger partial charge in [0.2, 0.25) is 0 Å². The normalized spacial score (nSPS) is 15.4. The zero-order chi connectivity index (χ0) is 16.5. The minimum Gasteiger partial charge on any atom is -0.365 e. The number of thiazole rings is 1. The zero-order valence-electron chi connectivity index (χ0n) is 14.1. The molecule has 3 aromatic rings. The van der Waals surface area contributed by atoms with Crippen LogP contribution in [0.1, 0.15) is 36.2 Å². The first kappa shape index (κ1) is 15.4. The quantitative estimate of drug-likeness (QED) is 0.695. The fourth-order valence-electron chi connectivity index (χ4n) is 2.95. The number of benzene rings is 1. The maximum Gasteiger partial charge on any atom is 0.124 e. The molecule has 24 heavy (non-hydrogen) atoms. The molecule has 1 aliphatic rings. The third-order valence-corrected chi connectivity index (χ3v) is 5.70. The molecule has 1 aliphatic carbocycles. The van der Waals surface area contributed by atoms with E-state index in [1.165, 1.54) is 28.8 Å². The van der Waals surface area contributed by atoms with Crippen LogP contribution in [0, 0.1) is 12.8 Å². The van der Waals surface area contributed by atoms with E-state index in [4.69, 9.17) is 0 Å². The second-order valence-electron chi connectivity index (χ2n) is 6.59. The maximum atomic E-state index is 4.57. The van der Waals surface area contributed by atoms with Gasteiger partial charge in [-0.3, -0.25) is 0 Å². The minimum absolute atomic E-state index is 0.479. The monoisotopic (exact) mass is 338 g/mol. The highest BCUT2D eigenvalue weighted by atomic mass is 32.1. The fraction of sp³-hybridized carbons (Fsp3) is 0.368. The standard InChI is InChI=1S/C19H22N4S/c1-13-3-5-16(6-4-13)19-21-12-17(24-19)11-20-18-9-10-22-23(18)14(2)15-7-8-15/h3-6,9-10,12,14-15,20H,7-8,11H2,1-2H3/t14-/m0/s1. The molecule has 0 amide bonds. The summed E-state index contributed by atoms with van der Waals surface area (Å²) in [6, 6.07) is 11.1. The van der Waals surface area contributed by atoms with Gasteiger partial charge in [-0.1, -0.05) is 29.8 Å². The predicted molar refractivity (Wildman–Crippen MR) is 99.3 cm³/mol. The van der Waals surface area contributed by atoms with Gasteiger partial charge in [0.05, 0.1) is 18.8 Å². The summed E-state index contributed by atoms with van der Waals surface area (Å²) in [4.78, 5) is 5.80. The van der Waals surface area contributed by atoms with E-state index in [1.807, 2.05) is 12.4 Å². The highest BCUT2D eigenvalue weighted by Crippen LogP contribution is 2.40. The van der Waals surface area contributed by atoms with Gasteiger partial charge in [0.1, 0.15) is 10.8 Å². The van der Waals surface area contributed by atoms with Crippen LogP contribution in [0.4, 0.5) is 5.82 Å². The van der Waals surface area contributed by atoms with Crippen molar-refractivity contribution in [1.82, 2.24) is 14.8 Å². The molecule has 1 atom stereocenters. The van der Waals surface area contributed by atoms with Gasteiger partial charge in [0.15, 0.2) is 0 Å². The van der Waals surface area contributed by atoms with Gasteiger partial charge in [-0.15, -0.1) is 11.3 Å². The second kappa shape index (κ2) is 6.40. The van der Waals surface area contributed by atoms with Crippen LogP contribution in [0.3, 0.4) is 0 Å². The molecule has 1 N–H and O–H groups in total. The van der Waals surface area contributed by atoms with E-state index in [9.17, 15) is 0 Å². The van der Waals surface area contributed by atoms with Crippen molar-refractivity contribution in [3.8, 4) is 10.6 Å². The number of anilines is 1. The first-order valence-corrected chi connectivity index (χ1v) is 9.31. The largest absolute Gasteiger partial charge is 0.365 e. The number of rotatable bonds is 6. The molecule has 0 unspecified atom stereocenters. The summed E-state index contributed by atoms with van der Waals surface area (Å²) in [6.45, 7) is 5.15. The molecule has 1 fully saturated rings. The molecule has 124 valence electrons. The maximum absolute atomic E-state index is 4.57. The van der Waals surface area contributed by atoms with Gasteiger partial charge in [-0.25, -0.2) is 9.67 Å². The molecule has 0 aliphatic heterocycles. The van der Waals surface area contributed by atoms with E-state index >= 15 is 0 Å². The van der Waals surface area contributed by atoms with Gasteiger partial charge >= 0.3 is 0 Å². The first-order chi connectivity index (χ1) is 11.7. The van der Waals surface area contributed by atoms with Crippen molar-refractivity contribution in [1.29, 1.82) is 0 Å². The van der Waals surface area contributed by atoms with Crippen LogP contribution in [0.15, 0.2) is 42.7 Å². The Morgan fingerprint density at radius 2 is 2.04 bits per heavy atom. The first-order valence-electron chi connectivity index (χ1n) is 8.50. The SMILES string of the molecule is Cc1ccc(-c2ncc(CNc3ccnn3[C@@H](C)C3CC3)s2)cc1. The lowest BCUT2D eigenvalue weighted by atomic mass is 10.2. The highest BCUT2D eigenvalue weighted by Gasteiger charge is 2.30. The predicted octanol–water partition coefficient (Wildman–Crippen LogP) is 4.90. The van der Waals surface area contributed by atoms with Gasteiger partial charge in [-0.05, 0) is 32.6 Å². The highest BCUT2D eigenvalue weighted by molar-refractivity contribution is 7.15. The van der Waals surface area contributed by atoms with Crippen molar-refractivity contribution < 1.29 is 0 Å². The minimum atomic E-state index is 0.479. The molecular weight excluding hydrogens is 316 g/mol. The van der Waals surface area contributed by atoms with Gasteiger partial charge < -0.3 is 5.32 Å². The van der Waals surface area contributed by atoms with Crippen LogP contribution in [-0.4, -0.2) is 14.8 Å². The van der Waals surface area contributed by atoms with E-state index in [2.05, 4.69) is 64.3 Å². The van der Waals surface area contributed by atoms with Gasteiger partial charge in [-0.2, -0.15) is 5.10 Å². The lowest BCUT2D eigenvalue weighted by molar-refractivity contribution is 0.444. The van der Waals surface area contributed by atoms with Gasteiger partial charge in [0, 0.05) is 22.7 Å². The summed E-state index contributed by atoms with van der Waals surface area (Å²) >= 11 is 1.74. The van der Waals surface area contributed by atoms with Gasteiger partial charge in [0.25, 0.3) is 0 Å². The Labute approximate surface area is 146 Å². The van der Waals surface area contributed by atoms with Crippen LogP contribution >= 0.6 is 11.3 Å². The van der Waals surface area contributed by atoms with Crippen LogP contribution < -0.4 is 5.32 Å². The Morgan fingerprint density at radius 1 is 1.25 bits per heavy atom. The molecule has 1 saturated carbocycles. The Bertz CT molecular complexity index is 814. The summed E-state index contributed by atoms with van der Waals surface area (Å²) < 4.78 is 2.12. The third kappa shape index (κ3) is 3.22. The molecule has 0 radical (unpaired) electrons. The lowest BCUT2D eigenvalue weighted by Crippen LogP contribution is -2.13. The van der Waals surface area contributed by atoms with Crippen molar-refractivity contribution in [2.45, 2.75) is 39.3 Å². The van der Waals surface area contributed by atoms with E-state index in [0.717, 1.165) is 23.3 Å². The Kier molecular flexibility index (Phi) is 4.10. The zero-order valence-corrected chi connectivity index (χ0v) is 14.9. The Morgan fingerprint density at radius 3 is 2.79 bits per heavy atom. The molecule has 0 spiro atoms. The van der Waals surface area contributed by atoms with Crippen LogP contribution in [0.2, 0.25) is 0 Å². The third-order valence-electron chi connectivity index (χ3n) is 4.66.